The summed E-state index contributed by atoms with van der Waals surface area (Å²) in [7, 11) is 0. The molecule has 19 heteroatoms. The monoisotopic (exact) mass is 637 g/mol. The zero-order valence-electron chi connectivity index (χ0n) is 23.6. The normalized spacial score (nSPS) is 17.6. The molecule has 45 heavy (non-hydrogen) atoms. The lowest BCUT2D eigenvalue weighted by Gasteiger charge is -2.26. The fourth-order valence-corrected chi connectivity index (χ4v) is 5.55. The van der Waals surface area contributed by atoms with Crippen molar-refractivity contribution >= 4 is 34.9 Å². The van der Waals surface area contributed by atoms with Gasteiger partial charge in [0.2, 0.25) is 0 Å². The van der Waals surface area contributed by atoms with Crippen LogP contribution < -0.4 is 26.5 Å². The molecule has 17 nitrogen and oxygen atoms in total. The zero-order valence-corrected chi connectivity index (χ0v) is 24.4. The molecule has 0 spiro atoms. The smallest absolute Gasteiger partial charge is 0.319 e. The third kappa shape index (κ3) is 8.70. The Labute approximate surface area is 259 Å². The number of phenolic OH excluding ortho intramolecular Hbond substituents is 1. The minimum atomic E-state index is -1.26. The Hall–Kier alpha value is -5.64. The number of amides is 3. The highest BCUT2D eigenvalue weighted by Gasteiger charge is 2.27. The molecule has 2 unspecified atom stereocenters. The van der Waals surface area contributed by atoms with Crippen molar-refractivity contribution in [3.63, 3.8) is 0 Å². The van der Waals surface area contributed by atoms with Crippen LogP contribution in [0.15, 0.2) is 68.3 Å². The Kier molecular flexibility index (Phi) is 11.3. The van der Waals surface area contributed by atoms with Crippen LogP contribution in [0.4, 0.5) is 15.0 Å². The zero-order chi connectivity index (χ0) is 32.2. The maximum atomic E-state index is 14.4. The van der Waals surface area contributed by atoms with Crippen molar-refractivity contribution in [1.82, 2.24) is 15.0 Å². The number of nitrogens with one attached hydrogen (secondary N) is 3. The summed E-state index contributed by atoms with van der Waals surface area (Å²) in [4.78, 5) is 31.4. The summed E-state index contributed by atoms with van der Waals surface area (Å²) in [5.41, 5.74) is 19.9. The molecule has 0 radical (unpaired) electrons. The molecule has 0 bridgehead atoms. The standard InChI is InChI=1S/C26H28FN13O4S/c27-19-8-1-14(11-32-38-28)9-20(19)35-26(43)34-17-5-2-15(3-6-17)23-22(25(42)36-40-30)24(37-45-23)31-12-16-4-7-18(41)10-21(16)44-13-33-39-29/h2,4-5,7,9-10,19-20,41H,1,3,6,8,11-13H2,(H,31,37)(H2,30,36,42)(H2,34,35,43). The quantitative estimate of drug-likeness (QED) is 0.0485. The van der Waals surface area contributed by atoms with Gasteiger partial charge in [-0.1, -0.05) is 38.3 Å². The first-order valence-corrected chi connectivity index (χ1v) is 14.3. The molecule has 0 fully saturated rings. The minimum absolute atomic E-state index is 0.0534. The van der Waals surface area contributed by atoms with Gasteiger partial charge < -0.3 is 31.6 Å². The number of alkyl halides is 1. The van der Waals surface area contributed by atoms with E-state index in [-0.39, 0.29) is 49.1 Å². The summed E-state index contributed by atoms with van der Waals surface area (Å²) in [6.45, 7) is -0.0403. The summed E-state index contributed by atoms with van der Waals surface area (Å²) >= 11 is 1.06. The second-order valence-corrected chi connectivity index (χ2v) is 10.5. The van der Waals surface area contributed by atoms with Crippen molar-refractivity contribution < 1.29 is 23.8 Å². The average Bonchev–Trinajstić information content (AvgIpc) is 3.45. The number of halogens is 1. The number of hydrogen-bond donors (Lipinski definition) is 5. The van der Waals surface area contributed by atoms with Gasteiger partial charge >= 0.3 is 11.9 Å². The van der Waals surface area contributed by atoms with E-state index >= 15 is 0 Å². The van der Waals surface area contributed by atoms with E-state index in [9.17, 15) is 19.1 Å². The van der Waals surface area contributed by atoms with Crippen LogP contribution in [0.25, 0.3) is 26.5 Å². The van der Waals surface area contributed by atoms with Crippen LogP contribution in [0.1, 0.15) is 46.5 Å². The van der Waals surface area contributed by atoms with Gasteiger partial charge in [-0.05, 0) is 72.1 Å². The number of hydrogen-bond acceptors (Lipinski definition) is 10. The number of rotatable bonds is 12. The van der Waals surface area contributed by atoms with Crippen LogP contribution in [0.3, 0.4) is 0 Å². The lowest BCUT2D eigenvalue weighted by Crippen LogP contribution is -2.46. The van der Waals surface area contributed by atoms with Crippen molar-refractivity contribution in [1.29, 1.82) is 0 Å². The van der Waals surface area contributed by atoms with Crippen LogP contribution in [0, 0.1) is 0 Å². The van der Waals surface area contributed by atoms with Gasteiger partial charge in [-0.2, -0.15) is 4.37 Å². The lowest BCUT2D eigenvalue weighted by molar-refractivity contribution is 0.0994. The Morgan fingerprint density at radius 3 is 2.76 bits per heavy atom. The predicted molar refractivity (Wildman–Crippen MR) is 163 cm³/mol. The highest BCUT2D eigenvalue weighted by atomic mass is 32.1. The first-order valence-electron chi connectivity index (χ1n) is 13.5. The molecule has 1 heterocycles. The van der Waals surface area contributed by atoms with Gasteiger partial charge in [0.05, 0.1) is 10.9 Å². The van der Waals surface area contributed by atoms with Gasteiger partial charge in [0.15, 0.2) is 12.5 Å². The first-order chi connectivity index (χ1) is 21.8. The van der Waals surface area contributed by atoms with Gasteiger partial charge in [-0.3, -0.25) is 4.79 Å². The molecular formula is C26H28FN13O4S. The second kappa shape index (κ2) is 15.7. The Bertz CT molecular complexity index is 1660. The van der Waals surface area contributed by atoms with Gasteiger partial charge in [0.25, 0.3) is 0 Å². The summed E-state index contributed by atoms with van der Waals surface area (Å²) in [6, 6.07) is 2.99. The summed E-state index contributed by atoms with van der Waals surface area (Å²) in [5.74, 6) is 4.86. The number of allylic oxidation sites excluding steroid dienone is 4. The second-order valence-electron chi connectivity index (χ2n) is 9.68. The Balaban J connectivity index is 1.47. The largest absolute Gasteiger partial charge is 0.508 e. The van der Waals surface area contributed by atoms with Crippen LogP contribution in [-0.4, -0.2) is 46.9 Å². The molecule has 234 valence electrons. The van der Waals surface area contributed by atoms with Crippen molar-refractivity contribution in [3.05, 3.63) is 84.6 Å². The third-order valence-corrected chi connectivity index (χ3v) is 7.71. The number of nitrogens with two attached hydrogens (primary N) is 1. The van der Waals surface area contributed by atoms with Crippen molar-refractivity contribution in [2.24, 2.45) is 26.4 Å². The van der Waals surface area contributed by atoms with Crippen LogP contribution >= 0.6 is 11.5 Å². The number of azide groups is 2. The van der Waals surface area contributed by atoms with E-state index < -0.39 is 24.2 Å². The van der Waals surface area contributed by atoms with E-state index in [0.29, 0.717) is 35.4 Å². The predicted octanol–water partition coefficient (Wildman–Crippen LogP) is 5.67. The number of carbonyl (C=O) groups excluding carboxylic acids is 2. The molecular weight excluding hydrogens is 609 g/mol. The van der Waals surface area contributed by atoms with E-state index in [1.165, 1.54) is 12.1 Å². The summed E-state index contributed by atoms with van der Waals surface area (Å²) < 4.78 is 24.2. The van der Waals surface area contributed by atoms with Gasteiger partial charge in [-0.25, -0.2) is 9.18 Å². The Morgan fingerprint density at radius 1 is 1.20 bits per heavy atom. The Morgan fingerprint density at radius 2 is 2.02 bits per heavy atom. The van der Waals surface area contributed by atoms with E-state index in [2.05, 4.69) is 50.7 Å². The minimum Gasteiger partial charge on any atom is -0.508 e. The maximum absolute atomic E-state index is 14.4. The van der Waals surface area contributed by atoms with Crippen LogP contribution in [0.2, 0.25) is 0 Å². The highest BCUT2D eigenvalue weighted by Crippen LogP contribution is 2.36. The topological polar surface area (TPSA) is 261 Å². The fraction of sp³-hybridized carbons (Fsp3) is 0.346. The van der Waals surface area contributed by atoms with E-state index in [1.807, 2.05) is 0 Å². The third-order valence-electron chi connectivity index (χ3n) is 6.79. The molecule has 6 N–H and O–H groups in total. The molecule has 1 aromatic heterocycles. The number of anilines is 1. The molecule has 4 rings (SSSR count). The van der Waals surface area contributed by atoms with Crippen molar-refractivity contribution in [2.45, 2.75) is 44.4 Å². The molecule has 0 aliphatic heterocycles. The van der Waals surface area contributed by atoms with Crippen LogP contribution in [-0.2, 0) is 6.54 Å². The number of phenols is 1. The number of nitrogens with zero attached hydrogens (tertiary/aromatic N) is 9. The SMILES string of the molecule is [N-]=[N+]=NCOc1cc(O)ccc1CNc1nsc(C2=CC=C(NC(=O)NC3C=C(CN=[N+]=[N-])CCC3F)CC2)c1C(=O)N=NN. The summed E-state index contributed by atoms with van der Waals surface area (Å²) in [5, 5.41) is 31.7. The van der Waals surface area contributed by atoms with Gasteiger partial charge in [0, 0.05) is 40.2 Å². The summed E-state index contributed by atoms with van der Waals surface area (Å²) in [6.07, 6.45) is 5.26. The first kappa shape index (κ1) is 32.3. The highest BCUT2D eigenvalue weighted by molar-refractivity contribution is 7.07. The maximum Gasteiger partial charge on any atom is 0.319 e. The lowest BCUT2D eigenvalue weighted by atomic mass is 9.94. The van der Waals surface area contributed by atoms with E-state index in [4.69, 9.17) is 21.6 Å². The molecule has 2 aromatic rings. The molecule has 2 aliphatic rings. The van der Waals surface area contributed by atoms with Gasteiger partial charge in [0.1, 0.15) is 23.2 Å². The molecule has 0 saturated heterocycles. The van der Waals surface area contributed by atoms with Gasteiger partial charge in [-0.15, -0.1) is 0 Å². The van der Waals surface area contributed by atoms with Crippen LogP contribution in [0.5, 0.6) is 11.5 Å². The number of urea groups is 1. The molecule has 3 amide bonds. The number of aromatic hydroxyl groups is 1. The average molecular weight is 638 g/mol. The number of ether oxygens (including phenoxy) is 1. The fourth-order valence-electron chi connectivity index (χ4n) is 4.65. The number of carbonyl (C=O) groups is 2. The van der Waals surface area contributed by atoms with Crippen molar-refractivity contribution in [2.75, 3.05) is 18.6 Å². The van der Waals surface area contributed by atoms with E-state index in [0.717, 1.165) is 22.7 Å². The molecule has 2 aliphatic carbocycles. The number of aromatic nitrogens is 1. The van der Waals surface area contributed by atoms with Crippen molar-refractivity contribution in [3.8, 4) is 11.5 Å². The molecule has 2 atom stereocenters. The molecule has 0 saturated carbocycles. The molecule has 1 aromatic carbocycles. The van der Waals surface area contributed by atoms with E-state index in [1.54, 1.807) is 24.3 Å². The number of benzene rings is 1.